The molecule has 2 bridgehead atoms. The lowest BCUT2D eigenvalue weighted by atomic mass is 9.76. The summed E-state index contributed by atoms with van der Waals surface area (Å²) in [6.07, 6.45) is 5.79. The molecule has 0 radical (unpaired) electrons. The fourth-order valence-corrected chi connectivity index (χ4v) is 3.46. The zero-order chi connectivity index (χ0) is 13.6. The molecule has 5 heteroatoms. The second kappa shape index (κ2) is 4.09. The third-order valence-electron chi connectivity index (χ3n) is 4.47. The van der Waals surface area contributed by atoms with Gasteiger partial charge in [0, 0.05) is 12.3 Å². The van der Waals surface area contributed by atoms with Crippen molar-refractivity contribution in [3.8, 4) is 6.07 Å². The van der Waals surface area contributed by atoms with Crippen LogP contribution in [0.3, 0.4) is 0 Å². The molecule has 3 aliphatic rings. The van der Waals surface area contributed by atoms with E-state index in [0.29, 0.717) is 18.8 Å². The van der Waals surface area contributed by atoms with Gasteiger partial charge in [0.25, 0.3) is 0 Å². The van der Waals surface area contributed by atoms with E-state index in [-0.39, 0.29) is 17.9 Å². The molecule has 3 rings (SSSR count). The number of hydrogen-bond acceptors (Lipinski definition) is 4. The summed E-state index contributed by atoms with van der Waals surface area (Å²) in [6, 6.07) is 1.59. The predicted molar refractivity (Wildman–Crippen MR) is 65.5 cm³/mol. The first-order chi connectivity index (χ1) is 9.05. The van der Waals surface area contributed by atoms with Gasteiger partial charge in [-0.05, 0) is 25.7 Å². The first-order valence-corrected chi connectivity index (χ1v) is 6.66. The van der Waals surface area contributed by atoms with Gasteiger partial charge in [0.15, 0.2) is 0 Å². The van der Waals surface area contributed by atoms with Gasteiger partial charge >= 0.3 is 5.97 Å². The average Bonchev–Trinajstić information content (AvgIpc) is 3.04. The number of esters is 1. The zero-order valence-corrected chi connectivity index (χ0v) is 10.8. The summed E-state index contributed by atoms with van der Waals surface area (Å²) < 4.78 is 5.02. The molecule has 0 spiro atoms. The number of ether oxygens (including phenoxy) is 1. The van der Waals surface area contributed by atoms with E-state index in [1.807, 2.05) is 6.08 Å². The Morgan fingerprint density at radius 3 is 2.79 bits per heavy atom. The summed E-state index contributed by atoms with van der Waals surface area (Å²) in [6.45, 7) is 1.80. The molecule has 2 aliphatic carbocycles. The second-order valence-electron chi connectivity index (χ2n) is 5.78. The van der Waals surface area contributed by atoms with Crippen molar-refractivity contribution in [1.82, 2.24) is 5.32 Å². The van der Waals surface area contributed by atoms with E-state index in [1.165, 1.54) is 0 Å². The van der Waals surface area contributed by atoms with E-state index in [1.54, 1.807) is 6.92 Å². The molecule has 100 valence electrons. The molecule has 1 saturated carbocycles. The Hall–Kier alpha value is -1.83. The minimum Gasteiger partial charge on any atom is -0.461 e. The van der Waals surface area contributed by atoms with E-state index >= 15 is 0 Å². The van der Waals surface area contributed by atoms with Gasteiger partial charge in [0.05, 0.1) is 6.07 Å². The molecule has 1 amide bonds. The van der Waals surface area contributed by atoms with Crippen LogP contribution < -0.4 is 5.32 Å². The van der Waals surface area contributed by atoms with Crippen LogP contribution in [0.2, 0.25) is 0 Å². The minimum atomic E-state index is -0.995. The Morgan fingerprint density at radius 1 is 1.53 bits per heavy atom. The van der Waals surface area contributed by atoms with Gasteiger partial charge in [-0.3, -0.25) is 4.79 Å². The maximum absolute atomic E-state index is 12.4. The zero-order valence-electron chi connectivity index (χ0n) is 10.8. The minimum absolute atomic E-state index is 0.0163. The van der Waals surface area contributed by atoms with Gasteiger partial charge < -0.3 is 10.1 Å². The highest BCUT2D eigenvalue weighted by molar-refractivity contribution is 5.91. The Bertz CT molecular complexity index is 507. The maximum Gasteiger partial charge on any atom is 0.329 e. The average molecular weight is 260 g/mol. The quantitative estimate of drug-likeness (QED) is 0.591. The van der Waals surface area contributed by atoms with Crippen molar-refractivity contribution in [3.63, 3.8) is 0 Å². The van der Waals surface area contributed by atoms with Crippen LogP contribution in [-0.2, 0) is 14.3 Å². The van der Waals surface area contributed by atoms with Crippen molar-refractivity contribution in [2.45, 2.75) is 38.3 Å². The van der Waals surface area contributed by atoms with Crippen LogP contribution in [-0.4, -0.2) is 24.0 Å². The number of nitrogens with zero attached hydrogens (tertiary/aromatic N) is 1. The predicted octanol–water partition coefficient (Wildman–Crippen LogP) is 0.913. The molecule has 0 aromatic carbocycles. The number of carbonyl (C=O) groups excluding carboxylic acids is 2. The molecule has 2 fully saturated rings. The largest absolute Gasteiger partial charge is 0.461 e. The van der Waals surface area contributed by atoms with Crippen molar-refractivity contribution in [3.05, 3.63) is 12.2 Å². The Kier molecular flexibility index (Phi) is 2.63. The third-order valence-corrected chi connectivity index (χ3v) is 4.47. The fraction of sp³-hybridized carbons (Fsp3) is 0.643. The SMILES string of the molecule is CC1CC(NC(=O)C2(C#N)CC3C=CC2C3)C(=O)O1. The van der Waals surface area contributed by atoms with Crippen LogP contribution in [0.25, 0.3) is 0 Å². The van der Waals surface area contributed by atoms with Crippen LogP contribution in [0.15, 0.2) is 12.2 Å². The van der Waals surface area contributed by atoms with Crippen LogP contribution in [0, 0.1) is 28.6 Å². The van der Waals surface area contributed by atoms with Gasteiger partial charge in [-0.2, -0.15) is 5.26 Å². The monoisotopic (exact) mass is 260 g/mol. The van der Waals surface area contributed by atoms with Crippen molar-refractivity contribution in [2.24, 2.45) is 17.3 Å². The standard InChI is InChI=1S/C14H16N2O3/c1-8-4-11(12(17)19-8)16-13(18)14(7-15)6-9-2-3-10(14)5-9/h2-3,8-11H,4-6H2,1H3,(H,16,18). The number of fused-ring (bicyclic) bond motifs is 2. The molecule has 1 heterocycles. The van der Waals surface area contributed by atoms with Gasteiger partial charge in [0.1, 0.15) is 17.6 Å². The molecule has 5 nitrogen and oxygen atoms in total. The molecular formula is C14H16N2O3. The highest BCUT2D eigenvalue weighted by Crippen LogP contribution is 2.52. The summed E-state index contributed by atoms with van der Waals surface area (Å²) in [7, 11) is 0. The third kappa shape index (κ3) is 1.74. The van der Waals surface area contributed by atoms with Crippen LogP contribution in [0.4, 0.5) is 0 Å². The highest BCUT2D eigenvalue weighted by Gasteiger charge is 2.55. The number of nitrogens with one attached hydrogen (secondary N) is 1. The molecule has 5 unspecified atom stereocenters. The lowest BCUT2D eigenvalue weighted by Gasteiger charge is -2.27. The van der Waals surface area contributed by atoms with Crippen molar-refractivity contribution >= 4 is 11.9 Å². The first-order valence-electron chi connectivity index (χ1n) is 6.66. The first kappa shape index (κ1) is 12.2. The second-order valence-corrected chi connectivity index (χ2v) is 5.78. The lowest BCUT2D eigenvalue weighted by molar-refractivity contribution is -0.144. The molecule has 5 atom stereocenters. The molecule has 0 aromatic heterocycles. The lowest BCUT2D eigenvalue weighted by Crippen LogP contribution is -2.48. The van der Waals surface area contributed by atoms with E-state index in [2.05, 4.69) is 17.5 Å². The summed E-state index contributed by atoms with van der Waals surface area (Å²) in [5.74, 6) is -0.405. The summed E-state index contributed by atoms with van der Waals surface area (Å²) in [5.41, 5.74) is -0.995. The smallest absolute Gasteiger partial charge is 0.329 e. The highest BCUT2D eigenvalue weighted by atomic mass is 16.6. The summed E-state index contributed by atoms with van der Waals surface area (Å²) >= 11 is 0. The number of allylic oxidation sites excluding steroid dienone is 2. The van der Waals surface area contributed by atoms with Gasteiger partial charge in [0.2, 0.25) is 5.91 Å². The maximum atomic E-state index is 12.4. The van der Waals surface area contributed by atoms with E-state index in [4.69, 9.17) is 4.74 Å². The molecular weight excluding hydrogens is 244 g/mol. The van der Waals surface area contributed by atoms with Crippen molar-refractivity contribution in [1.29, 1.82) is 5.26 Å². The van der Waals surface area contributed by atoms with E-state index < -0.39 is 17.4 Å². The van der Waals surface area contributed by atoms with Crippen LogP contribution in [0.5, 0.6) is 0 Å². The van der Waals surface area contributed by atoms with Gasteiger partial charge in [-0.1, -0.05) is 12.2 Å². The molecule has 1 saturated heterocycles. The Labute approximate surface area is 111 Å². The fourth-order valence-electron chi connectivity index (χ4n) is 3.46. The molecule has 19 heavy (non-hydrogen) atoms. The number of nitriles is 1. The van der Waals surface area contributed by atoms with Crippen molar-refractivity contribution < 1.29 is 14.3 Å². The van der Waals surface area contributed by atoms with Crippen molar-refractivity contribution in [2.75, 3.05) is 0 Å². The van der Waals surface area contributed by atoms with Crippen LogP contribution >= 0.6 is 0 Å². The van der Waals surface area contributed by atoms with Gasteiger partial charge in [-0.25, -0.2) is 4.79 Å². The number of rotatable bonds is 2. The van der Waals surface area contributed by atoms with E-state index in [9.17, 15) is 14.9 Å². The summed E-state index contributed by atoms with van der Waals surface area (Å²) in [4.78, 5) is 24.0. The number of cyclic esters (lactones) is 1. The molecule has 1 N–H and O–H groups in total. The molecule has 1 aliphatic heterocycles. The summed E-state index contributed by atoms with van der Waals surface area (Å²) in [5, 5.41) is 12.1. The normalized spacial score (nSPS) is 43.1. The Balaban J connectivity index is 1.75. The number of carbonyl (C=O) groups is 2. The topological polar surface area (TPSA) is 79.2 Å². The van der Waals surface area contributed by atoms with Gasteiger partial charge in [-0.15, -0.1) is 0 Å². The Morgan fingerprint density at radius 2 is 2.32 bits per heavy atom. The number of hydrogen-bond donors (Lipinski definition) is 1. The molecule has 0 aromatic rings. The van der Waals surface area contributed by atoms with E-state index in [0.717, 1.165) is 6.42 Å². The number of amides is 1. The van der Waals surface area contributed by atoms with Crippen LogP contribution in [0.1, 0.15) is 26.2 Å².